The van der Waals surface area contributed by atoms with Crippen molar-refractivity contribution in [1.82, 2.24) is 9.88 Å². The van der Waals surface area contributed by atoms with E-state index in [1.807, 2.05) is 54.9 Å². The zero-order chi connectivity index (χ0) is 16.4. The Morgan fingerprint density at radius 2 is 2.13 bits per heavy atom. The minimum Gasteiger partial charge on any atom is -0.496 e. The van der Waals surface area contributed by atoms with E-state index < -0.39 is 0 Å². The van der Waals surface area contributed by atoms with E-state index in [0.717, 1.165) is 28.2 Å². The fourth-order valence-corrected chi connectivity index (χ4v) is 2.74. The molecule has 0 unspecified atom stereocenters. The lowest BCUT2D eigenvalue weighted by Gasteiger charge is -2.06. The Hall–Kier alpha value is -2.69. The molecule has 0 radical (unpaired) electrons. The Balaban J connectivity index is 1.74. The predicted octanol–water partition coefficient (Wildman–Crippen LogP) is 3.06. The SMILES string of the molecule is COc1cccc2c1cc(C(=O)NCCc1ccc(C)o1)n2C. The van der Waals surface area contributed by atoms with Crippen molar-refractivity contribution in [3.63, 3.8) is 0 Å². The molecule has 3 aromatic rings. The lowest BCUT2D eigenvalue weighted by atomic mass is 10.2. The fraction of sp³-hybridized carbons (Fsp3) is 0.278. The Kier molecular flexibility index (Phi) is 4.10. The molecule has 0 aliphatic rings. The third-order valence-corrected chi connectivity index (χ3v) is 3.95. The van der Waals surface area contributed by atoms with Gasteiger partial charge in [-0.05, 0) is 37.3 Å². The molecule has 1 N–H and O–H groups in total. The van der Waals surface area contributed by atoms with Crippen molar-refractivity contribution >= 4 is 16.8 Å². The summed E-state index contributed by atoms with van der Waals surface area (Å²) >= 11 is 0. The molecule has 5 nitrogen and oxygen atoms in total. The molecule has 3 rings (SSSR count). The van der Waals surface area contributed by atoms with Crippen LogP contribution in [0.15, 0.2) is 40.8 Å². The molecular weight excluding hydrogens is 292 g/mol. The van der Waals surface area contributed by atoms with Gasteiger partial charge in [-0.25, -0.2) is 0 Å². The van der Waals surface area contributed by atoms with Gasteiger partial charge in [0.05, 0.1) is 12.6 Å². The van der Waals surface area contributed by atoms with E-state index in [1.165, 1.54) is 0 Å². The Morgan fingerprint density at radius 1 is 1.30 bits per heavy atom. The van der Waals surface area contributed by atoms with Gasteiger partial charge in [0.25, 0.3) is 5.91 Å². The van der Waals surface area contributed by atoms with Crippen molar-refractivity contribution < 1.29 is 13.9 Å². The van der Waals surface area contributed by atoms with E-state index in [9.17, 15) is 4.79 Å². The van der Waals surface area contributed by atoms with Crippen LogP contribution in [-0.4, -0.2) is 24.1 Å². The zero-order valence-corrected chi connectivity index (χ0v) is 13.6. The summed E-state index contributed by atoms with van der Waals surface area (Å²) in [5.41, 5.74) is 1.58. The van der Waals surface area contributed by atoms with Crippen molar-refractivity contribution in [3.8, 4) is 5.75 Å². The van der Waals surface area contributed by atoms with E-state index in [0.29, 0.717) is 18.7 Å². The molecular formula is C18H20N2O3. The summed E-state index contributed by atoms with van der Waals surface area (Å²) in [6.45, 7) is 2.44. The summed E-state index contributed by atoms with van der Waals surface area (Å²) in [6, 6.07) is 11.5. The van der Waals surface area contributed by atoms with Gasteiger partial charge in [-0.3, -0.25) is 4.79 Å². The van der Waals surface area contributed by atoms with Crippen LogP contribution in [0.2, 0.25) is 0 Å². The first-order valence-electron chi connectivity index (χ1n) is 7.56. The number of carbonyl (C=O) groups excluding carboxylic acids is 1. The number of rotatable bonds is 5. The number of nitrogens with one attached hydrogen (secondary N) is 1. The fourth-order valence-electron chi connectivity index (χ4n) is 2.74. The molecule has 2 aromatic heterocycles. The van der Waals surface area contributed by atoms with Crippen LogP contribution in [0.3, 0.4) is 0 Å². The summed E-state index contributed by atoms with van der Waals surface area (Å²) in [5.74, 6) is 2.42. The topological polar surface area (TPSA) is 56.4 Å². The number of methoxy groups -OCH3 is 1. The lowest BCUT2D eigenvalue weighted by Crippen LogP contribution is -2.27. The first kappa shape index (κ1) is 15.2. The summed E-state index contributed by atoms with van der Waals surface area (Å²) < 4.78 is 12.7. The van der Waals surface area contributed by atoms with E-state index >= 15 is 0 Å². The Bertz CT molecular complexity index is 845. The summed E-state index contributed by atoms with van der Waals surface area (Å²) in [7, 11) is 3.51. The van der Waals surface area contributed by atoms with Gasteiger partial charge in [-0.1, -0.05) is 6.07 Å². The van der Waals surface area contributed by atoms with Crippen molar-refractivity contribution in [3.05, 3.63) is 53.6 Å². The van der Waals surface area contributed by atoms with Gasteiger partial charge < -0.3 is 19.0 Å². The maximum Gasteiger partial charge on any atom is 0.267 e. The average molecular weight is 312 g/mol. The number of hydrogen-bond acceptors (Lipinski definition) is 3. The zero-order valence-electron chi connectivity index (χ0n) is 13.6. The van der Waals surface area contributed by atoms with Crippen molar-refractivity contribution in [2.75, 3.05) is 13.7 Å². The Labute approximate surface area is 134 Å². The highest BCUT2D eigenvalue weighted by Gasteiger charge is 2.15. The van der Waals surface area contributed by atoms with E-state index in [1.54, 1.807) is 7.11 Å². The monoisotopic (exact) mass is 312 g/mol. The predicted molar refractivity (Wildman–Crippen MR) is 89.0 cm³/mol. The second-order valence-electron chi connectivity index (χ2n) is 5.50. The largest absolute Gasteiger partial charge is 0.496 e. The van der Waals surface area contributed by atoms with Crippen LogP contribution in [0.5, 0.6) is 5.75 Å². The van der Waals surface area contributed by atoms with Crippen LogP contribution < -0.4 is 10.1 Å². The molecule has 1 amide bonds. The first-order chi connectivity index (χ1) is 11.1. The number of aromatic nitrogens is 1. The van der Waals surface area contributed by atoms with Crippen molar-refractivity contribution in [2.24, 2.45) is 7.05 Å². The molecule has 5 heteroatoms. The third-order valence-electron chi connectivity index (χ3n) is 3.95. The molecule has 0 saturated heterocycles. The summed E-state index contributed by atoms with van der Waals surface area (Å²) in [4.78, 5) is 12.4. The molecule has 0 bridgehead atoms. The molecule has 2 heterocycles. The number of ether oxygens (including phenoxy) is 1. The molecule has 0 fully saturated rings. The molecule has 23 heavy (non-hydrogen) atoms. The van der Waals surface area contributed by atoms with E-state index in [-0.39, 0.29) is 5.91 Å². The maximum absolute atomic E-state index is 12.4. The van der Waals surface area contributed by atoms with E-state index in [4.69, 9.17) is 9.15 Å². The minimum absolute atomic E-state index is 0.103. The van der Waals surface area contributed by atoms with Gasteiger partial charge >= 0.3 is 0 Å². The highest BCUT2D eigenvalue weighted by molar-refractivity contribution is 6.00. The number of hydrogen-bond donors (Lipinski definition) is 1. The number of fused-ring (bicyclic) bond motifs is 1. The van der Waals surface area contributed by atoms with Crippen LogP contribution in [0, 0.1) is 6.92 Å². The first-order valence-corrected chi connectivity index (χ1v) is 7.56. The second kappa shape index (κ2) is 6.20. The molecule has 0 atom stereocenters. The molecule has 1 aromatic carbocycles. The van der Waals surface area contributed by atoms with Gasteiger partial charge in [0, 0.05) is 25.4 Å². The van der Waals surface area contributed by atoms with Crippen LogP contribution in [0.1, 0.15) is 22.0 Å². The van der Waals surface area contributed by atoms with Gasteiger partial charge in [0.15, 0.2) is 0 Å². The maximum atomic E-state index is 12.4. The molecule has 0 saturated carbocycles. The number of furan rings is 1. The highest BCUT2D eigenvalue weighted by Crippen LogP contribution is 2.27. The van der Waals surface area contributed by atoms with Crippen LogP contribution in [-0.2, 0) is 13.5 Å². The number of amides is 1. The van der Waals surface area contributed by atoms with Crippen LogP contribution in [0.4, 0.5) is 0 Å². The van der Waals surface area contributed by atoms with Gasteiger partial charge in [-0.2, -0.15) is 0 Å². The third kappa shape index (κ3) is 2.95. The van der Waals surface area contributed by atoms with Gasteiger partial charge in [-0.15, -0.1) is 0 Å². The van der Waals surface area contributed by atoms with Crippen molar-refractivity contribution in [1.29, 1.82) is 0 Å². The number of carbonyl (C=O) groups is 1. The quantitative estimate of drug-likeness (QED) is 0.788. The van der Waals surface area contributed by atoms with Crippen molar-refractivity contribution in [2.45, 2.75) is 13.3 Å². The van der Waals surface area contributed by atoms with Crippen LogP contribution >= 0.6 is 0 Å². The van der Waals surface area contributed by atoms with E-state index in [2.05, 4.69) is 5.32 Å². The van der Waals surface area contributed by atoms with Gasteiger partial charge in [0.2, 0.25) is 0 Å². The average Bonchev–Trinajstić information content (AvgIpc) is 3.11. The molecule has 120 valence electrons. The van der Waals surface area contributed by atoms with Gasteiger partial charge in [0.1, 0.15) is 23.0 Å². The second-order valence-corrected chi connectivity index (χ2v) is 5.50. The molecule has 0 spiro atoms. The molecule has 0 aliphatic heterocycles. The summed E-state index contributed by atoms with van der Waals surface area (Å²) in [5, 5.41) is 3.87. The van der Waals surface area contributed by atoms with Crippen LogP contribution in [0.25, 0.3) is 10.9 Å². The number of nitrogens with zero attached hydrogens (tertiary/aromatic N) is 1. The normalized spacial score (nSPS) is 10.9. The standard InChI is InChI=1S/C18H20N2O3/c1-12-7-8-13(23-12)9-10-19-18(21)16-11-14-15(20(16)2)5-4-6-17(14)22-3/h4-8,11H,9-10H2,1-3H3,(H,19,21). The molecule has 0 aliphatic carbocycles. The lowest BCUT2D eigenvalue weighted by molar-refractivity contribution is 0.0946. The highest BCUT2D eigenvalue weighted by atomic mass is 16.5. The smallest absolute Gasteiger partial charge is 0.267 e. The number of benzene rings is 1. The minimum atomic E-state index is -0.103. The Morgan fingerprint density at radius 3 is 2.83 bits per heavy atom. The number of aryl methyl sites for hydroxylation is 2. The summed E-state index contributed by atoms with van der Waals surface area (Å²) in [6.07, 6.45) is 0.673.